The first-order valence-corrected chi connectivity index (χ1v) is 7.96. The number of nitrogens with two attached hydrogens (primary N) is 1. The van der Waals surface area contributed by atoms with Crippen LogP contribution in [0.15, 0.2) is 23.0 Å². The lowest BCUT2D eigenvalue weighted by Gasteiger charge is -2.29. The molecule has 0 saturated carbocycles. The molecule has 1 heterocycles. The molecule has 0 bridgehead atoms. The van der Waals surface area contributed by atoms with E-state index in [0.717, 1.165) is 29.4 Å². The minimum absolute atomic E-state index is 0. The van der Waals surface area contributed by atoms with E-state index in [4.69, 9.17) is 5.73 Å². The van der Waals surface area contributed by atoms with Gasteiger partial charge in [0, 0.05) is 20.0 Å². The van der Waals surface area contributed by atoms with E-state index in [0.29, 0.717) is 19.5 Å². The molecule has 0 aliphatic rings. The molecule has 1 aromatic carbocycles. The number of hydrogen-bond acceptors (Lipinski definition) is 3. The SMILES string of the molecule is CN(CC(C)(C)CN)C(=O)CCCc1ccc2[nH]c(=O)[nH]c2c1.Cl. The molecule has 0 atom stereocenters. The molecule has 2 aromatic rings. The predicted molar refractivity (Wildman–Crippen MR) is 99.6 cm³/mol. The van der Waals surface area contributed by atoms with Crippen LogP contribution in [0.4, 0.5) is 0 Å². The Hall–Kier alpha value is -1.79. The Bertz CT molecular complexity index is 736. The molecular formula is C17H27ClN4O2. The van der Waals surface area contributed by atoms with Crippen LogP contribution in [0.25, 0.3) is 11.0 Å². The number of carbonyl (C=O) groups excluding carboxylic acids is 1. The number of rotatable bonds is 7. The lowest BCUT2D eigenvalue weighted by Crippen LogP contribution is -2.39. The summed E-state index contributed by atoms with van der Waals surface area (Å²) >= 11 is 0. The Kier molecular flexibility index (Phi) is 7.05. The highest BCUT2D eigenvalue weighted by Gasteiger charge is 2.20. The Morgan fingerprint density at radius 1 is 1.25 bits per heavy atom. The summed E-state index contributed by atoms with van der Waals surface area (Å²) in [7, 11) is 1.83. The number of hydrogen-bond donors (Lipinski definition) is 3. The van der Waals surface area contributed by atoms with Gasteiger partial charge in [-0.1, -0.05) is 19.9 Å². The van der Waals surface area contributed by atoms with E-state index >= 15 is 0 Å². The largest absolute Gasteiger partial charge is 0.345 e. The van der Waals surface area contributed by atoms with Gasteiger partial charge in [-0.25, -0.2) is 4.79 Å². The Balaban J connectivity index is 0.00000288. The maximum absolute atomic E-state index is 12.2. The molecule has 0 spiro atoms. The second kappa shape index (κ2) is 8.35. The van der Waals surface area contributed by atoms with Gasteiger partial charge < -0.3 is 20.6 Å². The summed E-state index contributed by atoms with van der Waals surface area (Å²) in [6, 6.07) is 5.83. The van der Waals surface area contributed by atoms with Crippen LogP contribution in [-0.4, -0.2) is 40.9 Å². The standard InChI is InChI=1S/C17H26N4O2.ClH/c1-17(2,10-18)11-21(3)15(22)6-4-5-12-7-8-13-14(9-12)20-16(23)19-13;/h7-9H,4-6,10-11,18H2,1-3H3,(H2,19,20,23);1H. The van der Waals surface area contributed by atoms with Crippen molar-refractivity contribution in [2.75, 3.05) is 20.1 Å². The van der Waals surface area contributed by atoms with Gasteiger partial charge in [-0.3, -0.25) is 4.79 Å². The molecule has 0 unspecified atom stereocenters. The van der Waals surface area contributed by atoms with Crippen LogP contribution >= 0.6 is 12.4 Å². The van der Waals surface area contributed by atoms with Crippen molar-refractivity contribution in [2.24, 2.45) is 11.1 Å². The summed E-state index contributed by atoms with van der Waals surface area (Å²) in [6.45, 7) is 5.34. The number of benzene rings is 1. The number of nitrogens with one attached hydrogen (secondary N) is 2. The van der Waals surface area contributed by atoms with Crippen molar-refractivity contribution < 1.29 is 4.79 Å². The topological polar surface area (TPSA) is 95.0 Å². The van der Waals surface area contributed by atoms with Gasteiger partial charge in [0.15, 0.2) is 0 Å². The summed E-state index contributed by atoms with van der Waals surface area (Å²) in [5.41, 5.74) is 8.18. The van der Waals surface area contributed by atoms with Crippen LogP contribution in [0.1, 0.15) is 32.3 Å². The molecule has 7 heteroatoms. The lowest BCUT2D eigenvalue weighted by atomic mass is 9.93. The molecule has 24 heavy (non-hydrogen) atoms. The van der Waals surface area contributed by atoms with Crippen molar-refractivity contribution >= 4 is 29.3 Å². The fraction of sp³-hybridized carbons (Fsp3) is 0.529. The molecule has 2 rings (SSSR count). The maximum Gasteiger partial charge on any atom is 0.323 e. The van der Waals surface area contributed by atoms with E-state index < -0.39 is 0 Å². The van der Waals surface area contributed by atoms with E-state index in [9.17, 15) is 9.59 Å². The average molecular weight is 355 g/mol. The number of nitrogens with zero attached hydrogens (tertiary/aromatic N) is 1. The smallest absolute Gasteiger partial charge is 0.323 e. The summed E-state index contributed by atoms with van der Waals surface area (Å²) in [6.07, 6.45) is 2.11. The molecular weight excluding hydrogens is 328 g/mol. The molecule has 1 amide bonds. The molecule has 0 radical (unpaired) electrons. The second-order valence-corrected chi connectivity index (χ2v) is 6.93. The van der Waals surface area contributed by atoms with Crippen molar-refractivity contribution in [3.8, 4) is 0 Å². The number of aromatic amines is 2. The summed E-state index contributed by atoms with van der Waals surface area (Å²) in [5, 5.41) is 0. The molecule has 0 aliphatic carbocycles. The van der Waals surface area contributed by atoms with Crippen molar-refractivity contribution in [3.63, 3.8) is 0 Å². The van der Waals surface area contributed by atoms with Crippen LogP contribution in [0.5, 0.6) is 0 Å². The van der Waals surface area contributed by atoms with Crippen LogP contribution in [-0.2, 0) is 11.2 Å². The van der Waals surface area contributed by atoms with Crippen molar-refractivity contribution in [1.29, 1.82) is 0 Å². The third-order valence-corrected chi connectivity index (χ3v) is 4.08. The highest BCUT2D eigenvalue weighted by atomic mass is 35.5. The fourth-order valence-corrected chi connectivity index (χ4v) is 2.66. The van der Waals surface area contributed by atoms with Crippen molar-refractivity contribution in [1.82, 2.24) is 14.9 Å². The van der Waals surface area contributed by atoms with E-state index in [1.807, 2.05) is 25.2 Å². The zero-order chi connectivity index (χ0) is 17.0. The van der Waals surface area contributed by atoms with E-state index in [1.54, 1.807) is 4.90 Å². The number of fused-ring (bicyclic) bond motifs is 1. The summed E-state index contributed by atoms with van der Waals surface area (Å²) < 4.78 is 0. The number of H-pyrrole nitrogens is 2. The first-order chi connectivity index (χ1) is 10.8. The van der Waals surface area contributed by atoms with Crippen LogP contribution < -0.4 is 11.4 Å². The summed E-state index contributed by atoms with van der Waals surface area (Å²) in [4.78, 5) is 30.7. The van der Waals surface area contributed by atoms with E-state index in [2.05, 4.69) is 23.8 Å². The number of halogens is 1. The van der Waals surface area contributed by atoms with Gasteiger partial charge in [0.1, 0.15) is 0 Å². The third kappa shape index (κ3) is 5.39. The van der Waals surface area contributed by atoms with Crippen molar-refractivity contribution in [2.45, 2.75) is 33.1 Å². The zero-order valence-electron chi connectivity index (χ0n) is 14.5. The van der Waals surface area contributed by atoms with Crippen LogP contribution in [0.2, 0.25) is 0 Å². The first kappa shape index (κ1) is 20.3. The molecule has 134 valence electrons. The van der Waals surface area contributed by atoms with Gasteiger partial charge in [-0.15, -0.1) is 12.4 Å². The molecule has 1 aromatic heterocycles. The van der Waals surface area contributed by atoms with Crippen molar-refractivity contribution in [3.05, 3.63) is 34.2 Å². The average Bonchev–Trinajstić information content (AvgIpc) is 2.86. The van der Waals surface area contributed by atoms with Gasteiger partial charge in [0.25, 0.3) is 0 Å². The molecule has 0 saturated heterocycles. The minimum Gasteiger partial charge on any atom is -0.345 e. The van der Waals surface area contributed by atoms with E-state index in [1.165, 1.54) is 0 Å². The van der Waals surface area contributed by atoms with Gasteiger partial charge in [-0.2, -0.15) is 0 Å². The maximum atomic E-state index is 12.2. The van der Waals surface area contributed by atoms with Crippen LogP contribution in [0.3, 0.4) is 0 Å². The van der Waals surface area contributed by atoms with Gasteiger partial charge >= 0.3 is 5.69 Å². The van der Waals surface area contributed by atoms with Gasteiger partial charge in [0.2, 0.25) is 5.91 Å². The predicted octanol–water partition coefficient (Wildman–Crippen LogP) is 2.04. The fourth-order valence-electron chi connectivity index (χ4n) is 2.66. The number of aromatic nitrogens is 2. The Morgan fingerprint density at radius 2 is 1.92 bits per heavy atom. The highest BCUT2D eigenvalue weighted by molar-refractivity contribution is 5.85. The molecule has 0 fully saturated rings. The zero-order valence-corrected chi connectivity index (χ0v) is 15.3. The second-order valence-electron chi connectivity index (χ2n) is 6.93. The van der Waals surface area contributed by atoms with Crippen LogP contribution in [0, 0.1) is 5.41 Å². The molecule has 0 aliphatic heterocycles. The van der Waals surface area contributed by atoms with E-state index in [-0.39, 0.29) is 29.4 Å². The quantitative estimate of drug-likeness (QED) is 0.710. The normalized spacial score (nSPS) is 11.3. The van der Waals surface area contributed by atoms with Gasteiger partial charge in [-0.05, 0) is 42.5 Å². The minimum atomic E-state index is -0.198. The third-order valence-electron chi connectivity index (χ3n) is 4.08. The number of aryl methyl sites for hydroxylation is 1. The summed E-state index contributed by atoms with van der Waals surface area (Å²) in [5.74, 6) is 0.141. The monoisotopic (exact) mass is 354 g/mol. The molecule has 6 nitrogen and oxygen atoms in total. The number of amides is 1. The Labute approximate surface area is 148 Å². The number of imidazole rings is 1. The molecule has 4 N–H and O–H groups in total. The highest BCUT2D eigenvalue weighted by Crippen LogP contribution is 2.16. The number of carbonyl (C=O) groups is 1. The Morgan fingerprint density at radius 3 is 2.58 bits per heavy atom. The van der Waals surface area contributed by atoms with Gasteiger partial charge in [0.05, 0.1) is 11.0 Å². The lowest BCUT2D eigenvalue weighted by molar-refractivity contribution is -0.131. The first-order valence-electron chi connectivity index (χ1n) is 7.96.